The number of rotatable bonds is 7. The molecule has 0 unspecified atom stereocenters. The molecule has 23 heavy (non-hydrogen) atoms. The molecule has 0 bridgehead atoms. The average molecular weight is 307 g/mol. The summed E-state index contributed by atoms with van der Waals surface area (Å²) in [5.74, 6) is 0.581. The van der Waals surface area contributed by atoms with Crippen molar-refractivity contribution in [2.45, 2.75) is 53.4 Å². The first-order chi connectivity index (χ1) is 11.2. The van der Waals surface area contributed by atoms with E-state index in [4.69, 9.17) is 4.99 Å². The van der Waals surface area contributed by atoms with Crippen molar-refractivity contribution in [3.8, 4) is 0 Å². The zero-order valence-corrected chi connectivity index (χ0v) is 15.0. The summed E-state index contributed by atoms with van der Waals surface area (Å²) in [7, 11) is 0. The maximum absolute atomic E-state index is 5.13. The topological polar surface area (TPSA) is 12.4 Å². The van der Waals surface area contributed by atoms with Crippen LogP contribution in [0, 0.1) is 19.8 Å². The van der Waals surface area contributed by atoms with Crippen molar-refractivity contribution < 1.29 is 0 Å². The summed E-state index contributed by atoms with van der Waals surface area (Å²) in [6.07, 6.45) is 4.44. The van der Waals surface area contributed by atoms with Crippen LogP contribution in [0.4, 0.5) is 5.69 Å². The van der Waals surface area contributed by atoms with Gasteiger partial charge in [-0.2, -0.15) is 0 Å². The minimum Gasteiger partial charge on any atom is -0.257 e. The zero-order chi connectivity index (χ0) is 16.7. The van der Waals surface area contributed by atoms with Crippen molar-refractivity contribution in [3.05, 3.63) is 65.2 Å². The standard InChI is InChI=1S/C22H29N/c1-5-20(6-2)21(16-15-19-13-8-7-9-14-19)23-22-17(3)11-10-12-18(22)4/h7-14,20H,5-6,15-16H2,1-4H3. The Morgan fingerprint density at radius 2 is 1.48 bits per heavy atom. The van der Waals surface area contributed by atoms with Gasteiger partial charge >= 0.3 is 0 Å². The Balaban J connectivity index is 2.28. The van der Waals surface area contributed by atoms with Crippen molar-refractivity contribution in [2.75, 3.05) is 0 Å². The summed E-state index contributed by atoms with van der Waals surface area (Å²) in [5, 5.41) is 0. The first-order valence-electron chi connectivity index (χ1n) is 8.83. The van der Waals surface area contributed by atoms with Crippen molar-refractivity contribution in [2.24, 2.45) is 10.9 Å². The third kappa shape index (κ3) is 4.79. The quantitative estimate of drug-likeness (QED) is 0.521. The van der Waals surface area contributed by atoms with Gasteiger partial charge in [0.25, 0.3) is 0 Å². The number of nitrogens with zero attached hydrogens (tertiary/aromatic N) is 1. The highest BCUT2D eigenvalue weighted by Crippen LogP contribution is 2.26. The molecule has 122 valence electrons. The van der Waals surface area contributed by atoms with E-state index in [2.05, 4.69) is 76.2 Å². The first-order valence-corrected chi connectivity index (χ1v) is 8.83. The molecule has 0 heterocycles. The van der Waals surface area contributed by atoms with E-state index in [9.17, 15) is 0 Å². The highest BCUT2D eigenvalue weighted by molar-refractivity contribution is 5.89. The van der Waals surface area contributed by atoms with Gasteiger partial charge in [0.1, 0.15) is 0 Å². The Labute approximate surface area is 141 Å². The minimum atomic E-state index is 0.581. The highest BCUT2D eigenvalue weighted by atomic mass is 14.8. The van der Waals surface area contributed by atoms with Crippen molar-refractivity contribution in [1.82, 2.24) is 0 Å². The fourth-order valence-electron chi connectivity index (χ4n) is 3.15. The fraction of sp³-hybridized carbons (Fsp3) is 0.409. The molecule has 0 spiro atoms. The van der Waals surface area contributed by atoms with E-state index in [1.165, 1.54) is 28.1 Å². The summed E-state index contributed by atoms with van der Waals surface area (Å²) in [6, 6.07) is 17.2. The van der Waals surface area contributed by atoms with Gasteiger partial charge in [0.2, 0.25) is 0 Å². The van der Waals surface area contributed by atoms with Gasteiger partial charge in [-0.05, 0) is 62.1 Å². The Bertz CT molecular complexity index is 616. The van der Waals surface area contributed by atoms with Gasteiger partial charge in [-0.3, -0.25) is 4.99 Å². The van der Waals surface area contributed by atoms with Crippen molar-refractivity contribution >= 4 is 11.4 Å². The number of hydrogen-bond donors (Lipinski definition) is 0. The maximum atomic E-state index is 5.13. The van der Waals surface area contributed by atoms with Crippen LogP contribution in [0.5, 0.6) is 0 Å². The van der Waals surface area contributed by atoms with E-state index in [-0.39, 0.29) is 0 Å². The van der Waals surface area contributed by atoms with E-state index in [0.29, 0.717) is 5.92 Å². The smallest absolute Gasteiger partial charge is 0.0687 e. The monoisotopic (exact) mass is 307 g/mol. The molecule has 1 heteroatoms. The lowest BCUT2D eigenvalue weighted by molar-refractivity contribution is 0.629. The molecule has 2 aromatic carbocycles. The zero-order valence-electron chi connectivity index (χ0n) is 15.0. The second-order valence-corrected chi connectivity index (χ2v) is 6.34. The number of para-hydroxylation sites is 1. The molecule has 0 saturated heterocycles. The minimum absolute atomic E-state index is 0.581. The highest BCUT2D eigenvalue weighted by Gasteiger charge is 2.13. The van der Waals surface area contributed by atoms with Gasteiger partial charge in [-0.1, -0.05) is 62.4 Å². The number of benzene rings is 2. The van der Waals surface area contributed by atoms with Crippen LogP contribution >= 0.6 is 0 Å². The van der Waals surface area contributed by atoms with Crippen LogP contribution in [0.15, 0.2) is 53.5 Å². The predicted molar refractivity (Wildman–Crippen MR) is 102 cm³/mol. The average Bonchev–Trinajstić information content (AvgIpc) is 2.57. The maximum Gasteiger partial charge on any atom is 0.0687 e. The summed E-state index contributed by atoms with van der Waals surface area (Å²) in [6.45, 7) is 8.87. The van der Waals surface area contributed by atoms with Gasteiger partial charge in [0.05, 0.1) is 5.69 Å². The van der Waals surface area contributed by atoms with Crippen LogP contribution in [-0.4, -0.2) is 5.71 Å². The SMILES string of the molecule is CCC(CC)C(CCc1ccccc1)=Nc1c(C)cccc1C. The lowest BCUT2D eigenvalue weighted by Crippen LogP contribution is -2.14. The predicted octanol–water partition coefficient (Wildman–Crippen LogP) is 6.44. The van der Waals surface area contributed by atoms with Crippen LogP contribution in [0.3, 0.4) is 0 Å². The van der Waals surface area contributed by atoms with E-state index >= 15 is 0 Å². The summed E-state index contributed by atoms with van der Waals surface area (Å²) in [5.41, 5.74) is 6.47. The summed E-state index contributed by atoms with van der Waals surface area (Å²) in [4.78, 5) is 5.13. The number of hydrogen-bond acceptors (Lipinski definition) is 1. The molecule has 0 fully saturated rings. The van der Waals surface area contributed by atoms with Crippen molar-refractivity contribution in [3.63, 3.8) is 0 Å². The Kier molecular flexibility index (Phi) is 6.58. The first kappa shape index (κ1) is 17.5. The second-order valence-electron chi connectivity index (χ2n) is 6.34. The summed E-state index contributed by atoms with van der Waals surface area (Å²) >= 11 is 0. The molecule has 0 aliphatic heterocycles. The normalized spacial score (nSPS) is 12.0. The van der Waals surface area contributed by atoms with Gasteiger partial charge in [0, 0.05) is 5.71 Å². The van der Waals surface area contributed by atoms with E-state index in [0.717, 1.165) is 25.7 Å². The molecule has 0 aromatic heterocycles. The molecule has 0 radical (unpaired) electrons. The second kappa shape index (κ2) is 8.67. The van der Waals surface area contributed by atoms with Gasteiger partial charge < -0.3 is 0 Å². The molecular formula is C22H29N. The molecular weight excluding hydrogens is 278 g/mol. The van der Waals surface area contributed by atoms with E-state index in [1.807, 2.05) is 0 Å². The van der Waals surface area contributed by atoms with Gasteiger partial charge in [-0.25, -0.2) is 0 Å². The lowest BCUT2D eigenvalue weighted by Gasteiger charge is -2.17. The molecule has 2 rings (SSSR count). The number of aryl methyl sites for hydroxylation is 3. The van der Waals surface area contributed by atoms with Crippen molar-refractivity contribution in [1.29, 1.82) is 0 Å². The molecule has 0 aliphatic carbocycles. The molecule has 0 saturated carbocycles. The van der Waals surface area contributed by atoms with Gasteiger partial charge in [0.15, 0.2) is 0 Å². The molecule has 0 aliphatic rings. The van der Waals surface area contributed by atoms with Crippen LogP contribution in [0.1, 0.15) is 49.8 Å². The third-order valence-electron chi connectivity index (χ3n) is 4.66. The molecule has 0 amide bonds. The van der Waals surface area contributed by atoms with Gasteiger partial charge in [-0.15, -0.1) is 0 Å². The Hall–Kier alpha value is -1.89. The Morgan fingerprint density at radius 3 is 2.04 bits per heavy atom. The lowest BCUT2D eigenvalue weighted by atomic mass is 9.92. The fourth-order valence-corrected chi connectivity index (χ4v) is 3.15. The molecule has 1 nitrogen and oxygen atoms in total. The van der Waals surface area contributed by atoms with Crippen LogP contribution < -0.4 is 0 Å². The van der Waals surface area contributed by atoms with E-state index in [1.54, 1.807) is 0 Å². The molecule has 0 N–H and O–H groups in total. The largest absolute Gasteiger partial charge is 0.257 e. The Morgan fingerprint density at radius 1 is 0.870 bits per heavy atom. The van der Waals surface area contributed by atoms with Crippen LogP contribution in [-0.2, 0) is 6.42 Å². The van der Waals surface area contributed by atoms with Crippen LogP contribution in [0.2, 0.25) is 0 Å². The summed E-state index contributed by atoms with van der Waals surface area (Å²) < 4.78 is 0. The van der Waals surface area contributed by atoms with Crippen LogP contribution in [0.25, 0.3) is 0 Å². The van der Waals surface area contributed by atoms with E-state index < -0.39 is 0 Å². The number of aliphatic imine (C=N–C) groups is 1. The molecule has 2 aromatic rings. The molecule has 0 atom stereocenters. The third-order valence-corrected chi connectivity index (χ3v) is 4.66.